The minimum Gasteiger partial charge on any atom is -0.496 e. The second kappa shape index (κ2) is 9.08. The normalized spacial score (nSPS) is 11.7. The van der Waals surface area contributed by atoms with Crippen LogP contribution in [0.5, 0.6) is 5.75 Å². The van der Waals surface area contributed by atoms with Crippen LogP contribution in [0, 0.1) is 6.92 Å². The van der Waals surface area contributed by atoms with Gasteiger partial charge in [0.2, 0.25) is 5.91 Å². The predicted octanol–water partition coefficient (Wildman–Crippen LogP) is 4.41. The van der Waals surface area contributed by atoms with Crippen LogP contribution in [0.2, 0.25) is 0 Å². The number of benzene rings is 2. The minimum atomic E-state index is -0.394. The summed E-state index contributed by atoms with van der Waals surface area (Å²) in [7, 11) is 1.67. The molecule has 6 heteroatoms. The molecule has 6 nitrogen and oxygen atoms in total. The van der Waals surface area contributed by atoms with Gasteiger partial charge < -0.3 is 19.9 Å². The summed E-state index contributed by atoms with van der Waals surface area (Å²) >= 11 is 0. The molecule has 1 aromatic heterocycles. The van der Waals surface area contributed by atoms with E-state index in [2.05, 4.69) is 27.9 Å². The van der Waals surface area contributed by atoms with Crippen LogP contribution >= 0.6 is 0 Å². The van der Waals surface area contributed by atoms with Crippen molar-refractivity contribution in [3.8, 4) is 5.75 Å². The SMILES string of the molecule is CC[C@@H](Nc1ccc(OC)c(Cc2ccccc2)c1)C(=O)Nc1cc(C)on1. The Labute approximate surface area is 164 Å². The molecule has 0 saturated heterocycles. The Kier molecular flexibility index (Phi) is 6.32. The van der Waals surface area contributed by atoms with E-state index in [-0.39, 0.29) is 5.91 Å². The Hall–Kier alpha value is -3.28. The Bertz CT molecular complexity index is 922. The molecule has 146 valence electrons. The number of methoxy groups -OCH3 is 1. The number of nitrogens with one attached hydrogen (secondary N) is 2. The number of aromatic nitrogens is 1. The number of carbonyl (C=O) groups excluding carboxylic acids is 1. The third-order valence-corrected chi connectivity index (χ3v) is 4.46. The van der Waals surface area contributed by atoms with Gasteiger partial charge in [-0.05, 0) is 37.1 Å². The van der Waals surface area contributed by atoms with Crippen molar-refractivity contribution in [1.29, 1.82) is 0 Å². The van der Waals surface area contributed by atoms with Gasteiger partial charge in [0.15, 0.2) is 5.82 Å². The van der Waals surface area contributed by atoms with Crippen LogP contribution in [0.25, 0.3) is 0 Å². The molecule has 1 atom stereocenters. The van der Waals surface area contributed by atoms with Crippen LogP contribution < -0.4 is 15.4 Å². The lowest BCUT2D eigenvalue weighted by Crippen LogP contribution is -2.34. The van der Waals surface area contributed by atoms with E-state index in [0.717, 1.165) is 23.4 Å². The largest absolute Gasteiger partial charge is 0.496 e. The first-order valence-electron chi connectivity index (χ1n) is 9.30. The third kappa shape index (κ3) is 4.91. The van der Waals surface area contributed by atoms with Crippen LogP contribution in [0.3, 0.4) is 0 Å². The second-order valence-corrected chi connectivity index (χ2v) is 6.61. The molecule has 28 heavy (non-hydrogen) atoms. The summed E-state index contributed by atoms with van der Waals surface area (Å²) in [4.78, 5) is 12.6. The number of ether oxygens (including phenoxy) is 1. The first kappa shape index (κ1) is 19.5. The smallest absolute Gasteiger partial charge is 0.248 e. The molecule has 3 aromatic rings. The highest BCUT2D eigenvalue weighted by Gasteiger charge is 2.18. The van der Waals surface area contributed by atoms with Crippen molar-refractivity contribution in [2.24, 2.45) is 0 Å². The van der Waals surface area contributed by atoms with E-state index in [9.17, 15) is 4.79 Å². The Morgan fingerprint density at radius 2 is 1.96 bits per heavy atom. The predicted molar refractivity (Wildman–Crippen MR) is 110 cm³/mol. The molecule has 1 heterocycles. The van der Waals surface area contributed by atoms with Gasteiger partial charge in [-0.25, -0.2) is 0 Å². The maximum Gasteiger partial charge on any atom is 0.248 e. The third-order valence-electron chi connectivity index (χ3n) is 4.46. The molecule has 0 bridgehead atoms. The molecule has 0 fully saturated rings. The van der Waals surface area contributed by atoms with Crippen molar-refractivity contribution < 1.29 is 14.1 Å². The van der Waals surface area contributed by atoms with E-state index in [1.807, 2.05) is 43.3 Å². The zero-order valence-electron chi connectivity index (χ0n) is 16.4. The van der Waals surface area contributed by atoms with E-state index in [1.54, 1.807) is 20.1 Å². The van der Waals surface area contributed by atoms with Crippen LogP contribution in [0.4, 0.5) is 11.5 Å². The van der Waals surface area contributed by atoms with Gasteiger partial charge in [-0.1, -0.05) is 42.4 Å². The molecule has 3 rings (SSSR count). The summed E-state index contributed by atoms with van der Waals surface area (Å²) in [5.74, 6) is 1.74. The summed E-state index contributed by atoms with van der Waals surface area (Å²) in [5.41, 5.74) is 3.12. The van der Waals surface area contributed by atoms with E-state index >= 15 is 0 Å². The lowest BCUT2D eigenvalue weighted by molar-refractivity contribution is -0.117. The highest BCUT2D eigenvalue weighted by Crippen LogP contribution is 2.26. The van der Waals surface area contributed by atoms with Gasteiger partial charge in [-0.3, -0.25) is 4.79 Å². The molecule has 2 N–H and O–H groups in total. The van der Waals surface area contributed by atoms with Gasteiger partial charge >= 0.3 is 0 Å². The van der Waals surface area contributed by atoms with E-state index < -0.39 is 6.04 Å². The van der Waals surface area contributed by atoms with Crippen molar-refractivity contribution in [3.63, 3.8) is 0 Å². The monoisotopic (exact) mass is 379 g/mol. The van der Waals surface area contributed by atoms with Crippen LogP contribution in [-0.4, -0.2) is 24.2 Å². The zero-order chi connectivity index (χ0) is 19.9. The van der Waals surface area contributed by atoms with E-state index in [1.165, 1.54) is 5.56 Å². The Balaban J connectivity index is 1.74. The number of anilines is 2. The fraction of sp³-hybridized carbons (Fsp3) is 0.273. The van der Waals surface area contributed by atoms with Crippen LogP contribution in [-0.2, 0) is 11.2 Å². The standard InChI is InChI=1S/C22H25N3O3/c1-4-19(22(26)24-21-12-15(2)28-25-21)23-18-10-11-20(27-3)17(14-18)13-16-8-6-5-7-9-16/h5-12,14,19,23H,4,13H2,1-3H3,(H,24,25,26)/t19-/m1/s1. The van der Waals surface area contributed by atoms with Gasteiger partial charge in [-0.2, -0.15) is 0 Å². The topological polar surface area (TPSA) is 76.4 Å². The molecule has 0 aliphatic rings. The molecule has 0 unspecified atom stereocenters. The summed E-state index contributed by atoms with van der Waals surface area (Å²) in [6, 6.07) is 17.4. The Morgan fingerprint density at radius 1 is 1.18 bits per heavy atom. The van der Waals surface area contributed by atoms with E-state index in [0.29, 0.717) is 18.0 Å². The number of amides is 1. The lowest BCUT2D eigenvalue weighted by atomic mass is 10.0. The molecule has 0 aliphatic carbocycles. The van der Waals surface area contributed by atoms with Crippen molar-refractivity contribution in [1.82, 2.24) is 5.16 Å². The summed E-state index contributed by atoms with van der Waals surface area (Å²) in [6.45, 7) is 3.74. The number of hydrogen-bond acceptors (Lipinski definition) is 5. The van der Waals surface area contributed by atoms with Gasteiger partial charge in [0.05, 0.1) is 7.11 Å². The molecule has 0 spiro atoms. The van der Waals surface area contributed by atoms with Crippen molar-refractivity contribution >= 4 is 17.4 Å². The molecular weight excluding hydrogens is 354 g/mol. The number of aryl methyl sites for hydroxylation is 1. The first-order chi connectivity index (χ1) is 13.6. The second-order valence-electron chi connectivity index (χ2n) is 6.61. The maximum absolute atomic E-state index is 12.6. The lowest BCUT2D eigenvalue weighted by Gasteiger charge is -2.18. The van der Waals surface area contributed by atoms with E-state index in [4.69, 9.17) is 9.26 Å². The van der Waals surface area contributed by atoms with Crippen LogP contribution in [0.15, 0.2) is 59.1 Å². The molecular formula is C22H25N3O3. The van der Waals surface area contributed by atoms with Gasteiger partial charge in [-0.15, -0.1) is 0 Å². The maximum atomic E-state index is 12.6. The number of rotatable bonds is 8. The highest BCUT2D eigenvalue weighted by atomic mass is 16.5. The zero-order valence-corrected chi connectivity index (χ0v) is 16.4. The van der Waals surface area contributed by atoms with Crippen LogP contribution in [0.1, 0.15) is 30.2 Å². The summed E-state index contributed by atoms with van der Waals surface area (Å²) < 4.78 is 10.5. The van der Waals surface area contributed by atoms with Crippen molar-refractivity contribution in [3.05, 3.63) is 71.5 Å². The molecule has 0 saturated carbocycles. The average molecular weight is 379 g/mol. The summed E-state index contributed by atoms with van der Waals surface area (Å²) in [6.07, 6.45) is 1.38. The first-order valence-corrected chi connectivity index (χ1v) is 9.30. The van der Waals surface area contributed by atoms with Gasteiger partial charge in [0.1, 0.15) is 17.6 Å². The minimum absolute atomic E-state index is 0.156. The molecule has 0 aliphatic heterocycles. The molecule has 1 amide bonds. The highest BCUT2D eigenvalue weighted by molar-refractivity contribution is 5.95. The fourth-order valence-corrected chi connectivity index (χ4v) is 3.02. The van der Waals surface area contributed by atoms with Crippen molar-refractivity contribution in [2.45, 2.75) is 32.7 Å². The number of hydrogen-bond donors (Lipinski definition) is 2. The number of nitrogens with zero attached hydrogens (tertiary/aromatic N) is 1. The number of carbonyl (C=O) groups is 1. The van der Waals surface area contributed by atoms with Gasteiger partial charge in [0.25, 0.3) is 0 Å². The average Bonchev–Trinajstić information content (AvgIpc) is 3.11. The molecule has 0 radical (unpaired) electrons. The van der Waals surface area contributed by atoms with Gasteiger partial charge in [0, 0.05) is 23.7 Å². The molecule has 2 aromatic carbocycles. The Morgan fingerprint density at radius 3 is 2.61 bits per heavy atom. The van der Waals surface area contributed by atoms with Crippen molar-refractivity contribution in [2.75, 3.05) is 17.7 Å². The quantitative estimate of drug-likeness (QED) is 0.606. The summed E-state index contributed by atoms with van der Waals surface area (Å²) in [5, 5.41) is 9.90. The fourth-order valence-electron chi connectivity index (χ4n) is 3.02.